The SMILES string of the molecule is CCN(CCC(N)c1ccc(Br)cc1Cl)C1CCCC1. The highest BCUT2D eigenvalue weighted by Crippen LogP contribution is 2.28. The fraction of sp³-hybridized carbons (Fsp3) is 0.625. The minimum Gasteiger partial charge on any atom is -0.324 e. The van der Waals surface area contributed by atoms with Crippen molar-refractivity contribution in [3.05, 3.63) is 33.3 Å². The molecule has 112 valence electrons. The van der Waals surface area contributed by atoms with Gasteiger partial charge in [0.05, 0.1) is 0 Å². The molecule has 0 aliphatic heterocycles. The van der Waals surface area contributed by atoms with Crippen LogP contribution in [0.2, 0.25) is 5.02 Å². The van der Waals surface area contributed by atoms with Crippen molar-refractivity contribution in [3.8, 4) is 0 Å². The van der Waals surface area contributed by atoms with Gasteiger partial charge in [-0.1, -0.05) is 53.4 Å². The van der Waals surface area contributed by atoms with Crippen molar-refractivity contribution in [2.45, 2.75) is 51.1 Å². The topological polar surface area (TPSA) is 29.3 Å². The van der Waals surface area contributed by atoms with Crippen LogP contribution in [0.4, 0.5) is 0 Å². The largest absolute Gasteiger partial charge is 0.324 e. The van der Waals surface area contributed by atoms with E-state index in [-0.39, 0.29) is 6.04 Å². The summed E-state index contributed by atoms with van der Waals surface area (Å²) in [5.74, 6) is 0. The van der Waals surface area contributed by atoms with Crippen molar-refractivity contribution in [2.24, 2.45) is 5.73 Å². The second-order valence-corrected chi connectivity index (χ2v) is 6.95. The van der Waals surface area contributed by atoms with E-state index in [1.807, 2.05) is 18.2 Å². The van der Waals surface area contributed by atoms with Crippen molar-refractivity contribution in [1.29, 1.82) is 0 Å². The zero-order valence-electron chi connectivity index (χ0n) is 12.1. The molecule has 0 bridgehead atoms. The lowest BCUT2D eigenvalue weighted by Crippen LogP contribution is -2.35. The third kappa shape index (κ3) is 4.20. The first-order valence-electron chi connectivity index (χ1n) is 7.56. The first-order valence-corrected chi connectivity index (χ1v) is 8.73. The van der Waals surface area contributed by atoms with E-state index >= 15 is 0 Å². The minimum atomic E-state index is 0.0195. The Morgan fingerprint density at radius 3 is 2.70 bits per heavy atom. The summed E-state index contributed by atoms with van der Waals surface area (Å²) in [4.78, 5) is 2.58. The zero-order chi connectivity index (χ0) is 14.5. The van der Waals surface area contributed by atoms with Gasteiger partial charge < -0.3 is 10.6 Å². The lowest BCUT2D eigenvalue weighted by Gasteiger charge is -2.28. The summed E-state index contributed by atoms with van der Waals surface area (Å²) in [5, 5.41) is 0.760. The zero-order valence-corrected chi connectivity index (χ0v) is 14.5. The predicted octanol–water partition coefficient (Wildman–Crippen LogP) is 4.76. The fourth-order valence-electron chi connectivity index (χ4n) is 3.13. The van der Waals surface area contributed by atoms with E-state index in [4.69, 9.17) is 17.3 Å². The summed E-state index contributed by atoms with van der Waals surface area (Å²) in [5.41, 5.74) is 7.37. The van der Waals surface area contributed by atoms with Gasteiger partial charge in [0.2, 0.25) is 0 Å². The summed E-state index contributed by atoms with van der Waals surface area (Å²) >= 11 is 9.71. The predicted molar refractivity (Wildman–Crippen MR) is 90.2 cm³/mol. The van der Waals surface area contributed by atoms with Gasteiger partial charge in [0.1, 0.15) is 0 Å². The van der Waals surface area contributed by atoms with Crippen molar-refractivity contribution >= 4 is 27.5 Å². The molecular formula is C16H24BrClN2. The minimum absolute atomic E-state index is 0.0195. The molecule has 20 heavy (non-hydrogen) atoms. The molecule has 2 nitrogen and oxygen atoms in total. The fourth-order valence-corrected chi connectivity index (χ4v) is 3.94. The average molecular weight is 360 g/mol. The molecule has 0 amide bonds. The summed E-state index contributed by atoms with van der Waals surface area (Å²) in [6.45, 7) is 4.43. The standard InChI is InChI=1S/C16H24BrClN2/c1-2-20(13-5-3-4-6-13)10-9-16(19)14-8-7-12(17)11-15(14)18/h7-8,11,13,16H,2-6,9-10,19H2,1H3. The van der Waals surface area contributed by atoms with Crippen LogP contribution in [0.1, 0.15) is 50.6 Å². The third-order valence-corrected chi connectivity index (χ3v) is 5.16. The van der Waals surface area contributed by atoms with Crippen LogP contribution in [0.5, 0.6) is 0 Å². The second kappa shape index (κ2) is 7.79. The van der Waals surface area contributed by atoms with E-state index in [0.29, 0.717) is 0 Å². The van der Waals surface area contributed by atoms with Crippen LogP contribution in [0.15, 0.2) is 22.7 Å². The van der Waals surface area contributed by atoms with Gasteiger partial charge in [-0.3, -0.25) is 0 Å². The van der Waals surface area contributed by atoms with Crippen LogP contribution < -0.4 is 5.73 Å². The number of nitrogens with zero attached hydrogens (tertiary/aromatic N) is 1. The van der Waals surface area contributed by atoms with Crippen molar-refractivity contribution in [3.63, 3.8) is 0 Å². The van der Waals surface area contributed by atoms with Crippen molar-refractivity contribution in [2.75, 3.05) is 13.1 Å². The highest BCUT2D eigenvalue weighted by atomic mass is 79.9. The van der Waals surface area contributed by atoms with Crippen LogP contribution in [0, 0.1) is 0 Å². The third-order valence-electron chi connectivity index (χ3n) is 4.34. The van der Waals surface area contributed by atoms with Gasteiger partial charge in [-0.25, -0.2) is 0 Å². The first kappa shape index (κ1) is 16.3. The Balaban J connectivity index is 1.91. The highest BCUT2D eigenvalue weighted by molar-refractivity contribution is 9.10. The van der Waals surface area contributed by atoms with Gasteiger partial charge in [-0.05, 0) is 43.5 Å². The number of benzene rings is 1. The van der Waals surface area contributed by atoms with E-state index in [0.717, 1.165) is 40.6 Å². The highest BCUT2D eigenvalue weighted by Gasteiger charge is 2.22. The Bertz CT molecular complexity index is 432. The van der Waals surface area contributed by atoms with E-state index in [9.17, 15) is 0 Å². The number of hydrogen-bond donors (Lipinski definition) is 1. The maximum atomic E-state index is 6.32. The molecule has 0 aromatic heterocycles. The molecule has 0 radical (unpaired) electrons. The lowest BCUT2D eigenvalue weighted by molar-refractivity contribution is 0.202. The van der Waals surface area contributed by atoms with E-state index in [1.54, 1.807) is 0 Å². The van der Waals surface area contributed by atoms with Crippen LogP contribution in [-0.4, -0.2) is 24.0 Å². The molecular weight excluding hydrogens is 336 g/mol. The summed E-state index contributed by atoms with van der Waals surface area (Å²) in [6, 6.07) is 6.75. The molecule has 2 rings (SSSR count). The molecule has 1 atom stereocenters. The van der Waals surface area contributed by atoms with Crippen molar-refractivity contribution in [1.82, 2.24) is 4.90 Å². The van der Waals surface area contributed by atoms with Crippen LogP contribution in [0.25, 0.3) is 0 Å². The number of nitrogens with two attached hydrogens (primary N) is 1. The Kier molecular flexibility index (Phi) is 6.34. The second-order valence-electron chi connectivity index (χ2n) is 5.63. The Hall–Kier alpha value is -0.0900. The number of hydrogen-bond acceptors (Lipinski definition) is 2. The summed E-state index contributed by atoms with van der Waals surface area (Å²) < 4.78 is 1.000. The molecule has 1 aromatic rings. The molecule has 1 aliphatic carbocycles. The Labute approximate surface area is 135 Å². The monoisotopic (exact) mass is 358 g/mol. The molecule has 4 heteroatoms. The number of halogens is 2. The van der Waals surface area contributed by atoms with E-state index in [2.05, 4.69) is 27.8 Å². The maximum Gasteiger partial charge on any atom is 0.0464 e. The molecule has 1 fully saturated rings. The number of rotatable bonds is 6. The van der Waals surface area contributed by atoms with Crippen LogP contribution in [0.3, 0.4) is 0 Å². The van der Waals surface area contributed by atoms with E-state index in [1.165, 1.54) is 25.7 Å². The van der Waals surface area contributed by atoms with Crippen LogP contribution >= 0.6 is 27.5 Å². The maximum absolute atomic E-state index is 6.32. The van der Waals surface area contributed by atoms with Gasteiger partial charge >= 0.3 is 0 Å². The summed E-state index contributed by atoms with van der Waals surface area (Å²) in [7, 11) is 0. The van der Waals surface area contributed by atoms with Gasteiger partial charge in [0.25, 0.3) is 0 Å². The van der Waals surface area contributed by atoms with E-state index < -0.39 is 0 Å². The average Bonchev–Trinajstić information content (AvgIpc) is 2.93. The molecule has 0 saturated heterocycles. The quantitative estimate of drug-likeness (QED) is 0.793. The molecule has 1 aromatic carbocycles. The smallest absolute Gasteiger partial charge is 0.0464 e. The molecule has 1 saturated carbocycles. The van der Waals surface area contributed by atoms with Gasteiger partial charge in [-0.2, -0.15) is 0 Å². The molecule has 1 unspecified atom stereocenters. The first-order chi connectivity index (χ1) is 9.61. The molecule has 0 heterocycles. The van der Waals surface area contributed by atoms with Crippen LogP contribution in [-0.2, 0) is 0 Å². The normalized spacial score (nSPS) is 17.9. The molecule has 2 N–H and O–H groups in total. The van der Waals surface area contributed by atoms with Gasteiger partial charge in [0.15, 0.2) is 0 Å². The Morgan fingerprint density at radius 2 is 2.10 bits per heavy atom. The van der Waals surface area contributed by atoms with Crippen molar-refractivity contribution < 1.29 is 0 Å². The molecule has 0 spiro atoms. The lowest BCUT2D eigenvalue weighted by atomic mass is 10.0. The Morgan fingerprint density at radius 1 is 1.40 bits per heavy atom. The van der Waals surface area contributed by atoms with Gasteiger partial charge in [0, 0.05) is 28.1 Å². The molecule has 1 aliphatic rings. The van der Waals surface area contributed by atoms with Gasteiger partial charge in [-0.15, -0.1) is 0 Å². The summed E-state index contributed by atoms with van der Waals surface area (Å²) in [6.07, 6.45) is 6.42.